The Kier molecular flexibility index (Phi) is 3.47. The molecule has 0 spiro atoms. The number of nitrogens with two attached hydrogens (primary N) is 1. The van der Waals surface area contributed by atoms with E-state index in [9.17, 15) is 4.79 Å². The maximum absolute atomic E-state index is 11.3. The molecule has 0 bridgehead atoms. The number of carbonyl (C=O) groups excluding carboxylic acids is 1. The fourth-order valence-corrected chi connectivity index (χ4v) is 2.04. The van der Waals surface area contributed by atoms with Gasteiger partial charge in [0.05, 0.1) is 6.61 Å². The van der Waals surface area contributed by atoms with Crippen molar-refractivity contribution in [3.05, 3.63) is 35.5 Å². The van der Waals surface area contributed by atoms with Gasteiger partial charge in [0.15, 0.2) is 5.69 Å². The molecule has 1 fully saturated rings. The van der Waals surface area contributed by atoms with E-state index in [-0.39, 0.29) is 5.69 Å². The summed E-state index contributed by atoms with van der Waals surface area (Å²) >= 11 is 0. The number of hydrogen-bond acceptors (Lipinski definition) is 4. The second-order valence-corrected chi connectivity index (χ2v) is 5.04. The molecule has 1 amide bonds. The summed E-state index contributed by atoms with van der Waals surface area (Å²) in [6.45, 7) is 1.38. The van der Waals surface area contributed by atoms with Gasteiger partial charge >= 0.3 is 0 Å². The van der Waals surface area contributed by atoms with Crippen molar-refractivity contribution in [2.45, 2.75) is 19.4 Å². The SMILES string of the molecule is NC(=O)c1n[nH]nc1-c1cccc(COCC2CC2)c1. The van der Waals surface area contributed by atoms with Crippen molar-refractivity contribution in [3.8, 4) is 11.3 Å². The van der Waals surface area contributed by atoms with Crippen molar-refractivity contribution in [2.24, 2.45) is 11.7 Å². The van der Waals surface area contributed by atoms with Crippen LogP contribution in [0.5, 0.6) is 0 Å². The third-order valence-corrected chi connectivity index (χ3v) is 3.30. The molecule has 0 radical (unpaired) electrons. The highest BCUT2D eigenvalue weighted by Crippen LogP contribution is 2.29. The maximum Gasteiger partial charge on any atom is 0.271 e. The number of rotatable bonds is 6. The molecule has 0 unspecified atom stereocenters. The van der Waals surface area contributed by atoms with E-state index in [1.54, 1.807) is 0 Å². The molecule has 6 nitrogen and oxygen atoms in total. The highest BCUT2D eigenvalue weighted by molar-refractivity contribution is 5.96. The molecule has 1 aromatic heterocycles. The Morgan fingerprint density at radius 1 is 1.40 bits per heavy atom. The first-order valence-corrected chi connectivity index (χ1v) is 6.61. The van der Waals surface area contributed by atoms with Gasteiger partial charge in [-0.05, 0) is 30.4 Å². The van der Waals surface area contributed by atoms with Crippen molar-refractivity contribution in [1.29, 1.82) is 0 Å². The largest absolute Gasteiger partial charge is 0.376 e. The zero-order chi connectivity index (χ0) is 13.9. The standard InChI is InChI=1S/C14H16N4O2/c15-14(19)13-12(16-18-17-13)11-3-1-2-10(6-11)8-20-7-9-4-5-9/h1-3,6,9H,4-5,7-8H2,(H2,15,19)(H,16,17,18). The summed E-state index contributed by atoms with van der Waals surface area (Å²) < 4.78 is 5.66. The van der Waals surface area contributed by atoms with Crippen LogP contribution in [-0.4, -0.2) is 27.9 Å². The number of benzene rings is 1. The van der Waals surface area contributed by atoms with Crippen LogP contribution < -0.4 is 5.73 Å². The van der Waals surface area contributed by atoms with E-state index in [1.165, 1.54) is 12.8 Å². The first-order chi connectivity index (χ1) is 9.74. The normalized spacial score (nSPS) is 14.4. The smallest absolute Gasteiger partial charge is 0.271 e. The fourth-order valence-electron chi connectivity index (χ4n) is 2.04. The number of primary amides is 1. The number of hydrogen-bond donors (Lipinski definition) is 2. The van der Waals surface area contributed by atoms with E-state index >= 15 is 0 Å². The number of ether oxygens (including phenoxy) is 1. The summed E-state index contributed by atoms with van der Waals surface area (Å²) in [5, 5.41) is 10.2. The number of carbonyl (C=O) groups is 1. The Labute approximate surface area is 116 Å². The minimum Gasteiger partial charge on any atom is -0.376 e. The van der Waals surface area contributed by atoms with E-state index in [2.05, 4.69) is 15.4 Å². The first-order valence-electron chi connectivity index (χ1n) is 6.61. The Hall–Kier alpha value is -2.21. The van der Waals surface area contributed by atoms with Gasteiger partial charge in [-0.1, -0.05) is 18.2 Å². The molecule has 1 aromatic carbocycles. The molecule has 3 N–H and O–H groups in total. The molecule has 0 aliphatic heterocycles. The van der Waals surface area contributed by atoms with Crippen molar-refractivity contribution in [2.75, 3.05) is 6.61 Å². The molecule has 3 rings (SSSR count). The number of H-pyrrole nitrogens is 1. The summed E-state index contributed by atoms with van der Waals surface area (Å²) in [4.78, 5) is 11.3. The highest BCUT2D eigenvalue weighted by atomic mass is 16.5. The van der Waals surface area contributed by atoms with Crippen LogP contribution in [0.3, 0.4) is 0 Å². The zero-order valence-electron chi connectivity index (χ0n) is 11.0. The van der Waals surface area contributed by atoms with Crippen LogP contribution in [0.1, 0.15) is 28.9 Å². The van der Waals surface area contributed by atoms with Gasteiger partial charge < -0.3 is 10.5 Å². The Balaban J connectivity index is 1.75. The summed E-state index contributed by atoms with van der Waals surface area (Å²) in [6.07, 6.45) is 2.56. The van der Waals surface area contributed by atoms with Gasteiger partial charge in [0.1, 0.15) is 5.69 Å². The predicted octanol–water partition coefficient (Wildman–Crippen LogP) is 1.50. The molecule has 2 aromatic rings. The maximum atomic E-state index is 11.3. The zero-order valence-corrected chi connectivity index (χ0v) is 11.0. The number of nitrogens with zero attached hydrogens (tertiary/aromatic N) is 2. The third kappa shape index (κ3) is 2.85. The average Bonchev–Trinajstić information content (AvgIpc) is 3.12. The number of nitrogens with one attached hydrogen (secondary N) is 1. The quantitative estimate of drug-likeness (QED) is 0.833. The lowest BCUT2D eigenvalue weighted by Crippen LogP contribution is -2.12. The van der Waals surface area contributed by atoms with Crippen LogP contribution in [0.4, 0.5) is 0 Å². The molecular weight excluding hydrogens is 256 g/mol. The van der Waals surface area contributed by atoms with Gasteiger partial charge in [-0.3, -0.25) is 4.79 Å². The van der Waals surface area contributed by atoms with E-state index in [0.717, 1.165) is 23.7 Å². The van der Waals surface area contributed by atoms with Gasteiger partial charge in [0, 0.05) is 12.2 Å². The van der Waals surface area contributed by atoms with E-state index in [4.69, 9.17) is 10.5 Å². The molecule has 20 heavy (non-hydrogen) atoms. The topological polar surface area (TPSA) is 93.9 Å². The van der Waals surface area contributed by atoms with Gasteiger partial charge in [-0.15, -0.1) is 0 Å². The summed E-state index contributed by atoms with van der Waals surface area (Å²) in [7, 11) is 0. The van der Waals surface area contributed by atoms with E-state index in [0.29, 0.717) is 12.3 Å². The second-order valence-electron chi connectivity index (χ2n) is 5.04. The second kappa shape index (κ2) is 5.42. The third-order valence-electron chi connectivity index (χ3n) is 3.30. The van der Waals surface area contributed by atoms with Crippen LogP contribution in [0.25, 0.3) is 11.3 Å². The summed E-state index contributed by atoms with van der Waals surface area (Å²) in [6, 6.07) is 7.71. The molecular formula is C14H16N4O2. The van der Waals surface area contributed by atoms with Crippen LogP contribution in [0.15, 0.2) is 24.3 Å². The number of amides is 1. The van der Waals surface area contributed by atoms with Crippen molar-refractivity contribution in [1.82, 2.24) is 15.4 Å². The fraction of sp³-hybridized carbons (Fsp3) is 0.357. The van der Waals surface area contributed by atoms with E-state index < -0.39 is 5.91 Å². The molecule has 0 saturated heterocycles. The molecule has 1 saturated carbocycles. The number of aromatic amines is 1. The minimum atomic E-state index is -0.593. The Morgan fingerprint density at radius 3 is 3.00 bits per heavy atom. The Bertz CT molecular complexity index is 619. The summed E-state index contributed by atoms with van der Waals surface area (Å²) in [5.41, 5.74) is 7.74. The van der Waals surface area contributed by atoms with Crippen LogP contribution in [-0.2, 0) is 11.3 Å². The lowest BCUT2D eigenvalue weighted by Gasteiger charge is -2.05. The molecule has 104 valence electrons. The van der Waals surface area contributed by atoms with Crippen LogP contribution in [0, 0.1) is 5.92 Å². The van der Waals surface area contributed by atoms with Crippen molar-refractivity contribution < 1.29 is 9.53 Å². The van der Waals surface area contributed by atoms with Gasteiger partial charge in [-0.25, -0.2) is 0 Å². The molecule has 1 aliphatic rings. The summed E-state index contributed by atoms with van der Waals surface area (Å²) in [5.74, 6) is 0.152. The van der Waals surface area contributed by atoms with Crippen LogP contribution >= 0.6 is 0 Å². The van der Waals surface area contributed by atoms with Gasteiger partial charge in [-0.2, -0.15) is 15.4 Å². The highest BCUT2D eigenvalue weighted by Gasteiger charge is 2.21. The predicted molar refractivity (Wildman–Crippen MR) is 72.7 cm³/mol. The van der Waals surface area contributed by atoms with E-state index in [1.807, 2.05) is 24.3 Å². The first kappa shape index (κ1) is 12.8. The lowest BCUT2D eigenvalue weighted by atomic mass is 10.1. The molecule has 6 heteroatoms. The minimum absolute atomic E-state index is 0.154. The molecule has 0 atom stereocenters. The molecule has 1 aliphatic carbocycles. The lowest BCUT2D eigenvalue weighted by molar-refractivity contribution is 0.0996. The van der Waals surface area contributed by atoms with Crippen LogP contribution in [0.2, 0.25) is 0 Å². The Morgan fingerprint density at radius 2 is 2.25 bits per heavy atom. The van der Waals surface area contributed by atoms with Gasteiger partial charge in [0.2, 0.25) is 0 Å². The van der Waals surface area contributed by atoms with Gasteiger partial charge in [0.25, 0.3) is 5.91 Å². The van der Waals surface area contributed by atoms with Crippen molar-refractivity contribution >= 4 is 5.91 Å². The number of aromatic nitrogens is 3. The van der Waals surface area contributed by atoms with Crippen molar-refractivity contribution in [3.63, 3.8) is 0 Å². The molecule has 1 heterocycles. The average molecular weight is 272 g/mol. The monoisotopic (exact) mass is 272 g/mol.